The molecule has 62 heavy (non-hydrogen) atoms. The molecule has 0 spiro atoms. The van der Waals surface area contributed by atoms with E-state index in [-0.39, 0.29) is 0 Å². The third-order valence-electron chi connectivity index (χ3n) is 13.5. The molecule has 0 N–H and O–H groups in total. The lowest BCUT2D eigenvalue weighted by atomic mass is 9.88. The van der Waals surface area contributed by atoms with E-state index >= 15 is 0 Å². The minimum atomic E-state index is -1.55. The minimum Gasteiger partial charge on any atom is -0.463 e. The van der Waals surface area contributed by atoms with Crippen molar-refractivity contribution in [1.82, 2.24) is 0 Å². The van der Waals surface area contributed by atoms with E-state index in [1.165, 1.54) is 94.8 Å². The Kier molecular flexibility index (Phi) is 26.4. The molecule has 3 aliphatic carbocycles. The monoisotopic (exact) mass is 1040 g/mol. The molecule has 8 nitrogen and oxygen atoms in total. The van der Waals surface area contributed by atoms with E-state index in [1.54, 1.807) is 0 Å². The highest BCUT2D eigenvalue weighted by molar-refractivity contribution is 6.86. The molecule has 0 bridgehead atoms. The second kappa shape index (κ2) is 27.5. The van der Waals surface area contributed by atoms with Crippen molar-refractivity contribution in [3.8, 4) is 0 Å². The highest BCUT2D eigenvalue weighted by atomic mass is 28.4. The van der Waals surface area contributed by atoms with Gasteiger partial charge in [0.2, 0.25) is 0 Å². The average Bonchev–Trinajstić information content (AvgIpc) is 4.07. The van der Waals surface area contributed by atoms with Crippen molar-refractivity contribution in [2.75, 3.05) is 0 Å². The van der Waals surface area contributed by atoms with Crippen molar-refractivity contribution in [2.45, 2.75) is 236 Å². The Morgan fingerprint density at radius 2 is 0.935 bits per heavy atom. The zero-order chi connectivity index (χ0) is 47.1. The van der Waals surface area contributed by atoms with Gasteiger partial charge < -0.3 is 34.8 Å². The van der Waals surface area contributed by atoms with Crippen molar-refractivity contribution in [2.24, 2.45) is 17.8 Å². The molecular formula is C44H102O8Si10. The molecule has 6 aliphatic rings. The summed E-state index contributed by atoms with van der Waals surface area (Å²) in [5.41, 5.74) is 1.94. The topological polar surface area (TPSA) is 83.7 Å². The number of hydrogen-bond donors (Lipinski definition) is 0. The molecule has 0 aromatic carbocycles. The van der Waals surface area contributed by atoms with Gasteiger partial charge in [-0.2, -0.15) is 0 Å². The van der Waals surface area contributed by atoms with Crippen LogP contribution in [0, 0.1) is 17.8 Å². The summed E-state index contributed by atoms with van der Waals surface area (Å²) in [6.07, 6.45) is 20.4. The van der Waals surface area contributed by atoms with Crippen LogP contribution in [0.1, 0.15) is 70.6 Å². The number of epoxide rings is 3. The van der Waals surface area contributed by atoms with Crippen molar-refractivity contribution in [3.63, 3.8) is 0 Å². The van der Waals surface area contributed by atoms with Gasteiger partial charge in [0.15, 0.2) is 68.7 Å². The number of fused-ring (bicyclic) bond motifs is 3. The van der Waals surface area contributed by atoms with E-state index in [1.807, 2.05) is 5.70 Å². The second-order valence-corrected chi connectivity index (χ2v) is 55.2. The van der Waals surface area contributed by atoms with Gasteiger partial charge in [0.1, 0.15) is 21.0 Å². The Labute approximate surface area is 400 Å². The molecule has 6 fully saturated rings. The lowest BCUT2D eigenvalue weighted by Crippen LogP contribution is -2.45. The van der Waals surface area contributed by atoms with Gasteiger partial charge in [0.05, 0.1) is 36.6 Å². The lowest BCUT2D eigenvalue weighted by molar-refractivity contribution is 0.355. The van der Waals surface area contributed by atoms with Gasteiger partial charge in [-0.3, -0.25) is 0 Å². The van der Waals surface area contributed by atoms with Gasteiger partial charge in [-0.15, -0.1) is 13.2 Å². The average molecular weight is 1040 g/mol. The second-order valence-electron chi connectivity index (χ2n) is 23.1. The highest BCUT2D eigenvalue weighted by Gasteiger charge is 2.46. The van der Waals surface area contributed by atoms with Crippen molar-refractivity contribution in [3.05, 3.63) is 24.9 Å². The van der Waals surface area contributed by atoms with Crippen LogP contribution in [0.3, 0.4) is 0 Å². The fourth-order valence-corrected chi connectivity index (χ4v) is 34.4. The number of allylic oxidation sites excluding steroid dienone is 1. The third kappa shape index (κ3) is 26.8. The van der Waals surface area contributed by atoms with Crippen molar-refractivity contribution in [1.29, 1.82) is 0 Å². The van der Waals surface area contributed by atoms with Crippen LogP contribution in [0.15, 0.2) is 24.9 Å². The molecule has 9 atom stereocenters. The van der Waals surface area contributed by atoms with Crippen LogP contribution in [0.2, 0.25) is 129 Å². The maximum Gasteiger partial charge on any atom is 0.197 e. The largest absolute Gasteiger partial charge is 0.463 e. The Balaban J connectivity index is 0.000000292. The molecule has 0 radical (unpaired) electrons. The molecule has 366 valence electrons. The van der Waals surface area contributed by atoms with Crippen molar-refractivity contribution >= 4 is 89.7 Å². The number of ether oxygens (including phenoxy) is 3. The zero-order valence-corrected chi connectivity index (χ0v) is 56.3. The van der Waals surface area contributed by atoms with E-state index < -0.39 is 68.7 Å². The summed E-state index contributed by atoms with van der Waals surface area (Å²) in [5.74, 6) is 2.56. The summed E-state index contributed by atoms with van der Waals surface area (Å²) in [6, 6.07) is 5.21. The van der Waals surface area contributed by atoms with E-state index in [0.29, 0.717) is 36.6 Å². The highest BCUT2D eigenvalue weighted by Crippen LogP contribution is 2.43. The molecule has 0 aromatic heterocycles. The molecule has 3 heterocycles. The van der Waals surface area contributed by atoms with Gasteiger partial charge in [0.25, 0.3) is 0 Å². The van der Waals surface area contributed by atoms with Gasteiger partial charge in [0, 0.05) is 0 Å². The normalized spacial score (nSPS) is 28.9. The summed E-state index contributed by atoms with van der Waals surface area (Å²) in [6.45, 7) is 44.3. The summed E-state index contributed by atoms with van der Waals surface area (Å²) in [7, 11) is -7.58. The molecule has 0 aromatic rings. The SMILES string of the molecule is C=CC1CCC2OC2C1.C=C[Si](C)(C)O[SiH3].C[SiH](C)O[SiH](C)C.C[SiH](C)O[Si](C)(C)CCC1CCC2OC2C1.C[Si](C)(CC[Si](C)(C)O[Si](C)(C)CCC1CCC2OC2C1)O[SiH3]. The standard InChI is InChI=1S/C16H38O3Si4.C12H26O2Si2.C8H12O.C4H14OSi2.C4H12OSi2/c1-21(2,18-20)11-12-23(5,6)19-22(3,4)10-9-14-7-8-15-16(13-14)17-15;1-15(2)14-16(3,4)8-7-10-5-6-11-12(9-10)13-11;1-2-6-3-4-7-8(5-6)9-7;1-6(2)5-7(3)4;1-4-7(2,3)5-6/h14-16H,7-13H2,1-6,20H3;10-12,15H,5-9H2,1-4H3;2,6-8H,1,3-5H2;6-7H,1-4H3;4H,1H2,2-3,6H3. The third-order valence-corrected chi connectivity index (χ3v) is 42.7. The van der Waals surface area contributed by atoms with Crippen LogP contribution in [0.5, 0.6) is 0 Å². The lowest BCUT2D eigenvalue weighted by Gasteiger charge is -2.36. The van der Waals surface area contributed by atoms with Gasteiger partial charge in [-0.05, 0) is 204 Å². The molecule has 9 unspecified atom stereocenters. The van der Waals surface area contributed by atoms with Crippen LogP contribution in [0.25, 0.3) is 0 Å². The van der Waals surface area contributed by atoms with Crippen LogP contribution >= 0.6 is 0 Å². The minimum absolute atomic E-state index is 0.613. The molecule has 18 heteroatoms. The Bertz CT molecular complexity index is 1280. The fourth-order valence-electron chi connectivity index (χ4n) is 9.13. The van der Waals surface area contributed by atoms with Crippen LogP contribution in [0.4, 0.5) is 0 Å². The predicted octanol–water partition coefficient (Wildman–Crippen LogP) is 9.95. The number of rotatable bonds is 19. The van der Waals surface area contributed by atoms with E-state index in [0.717, 1.165) is 38.7 Å². The van der Waals surface area contributed by atoms with Crippen LogP contribution in [-0.4, -0.2) is 126 Å². The van der Waals surface area contributed by atoms with Gasteiger partial charge in [-0.25, -0.2) is 0 Å². The molecular weight excluding hydrogens is 937 g/mol. The Morgan fingerprint density at radius 3 is 1.27 bits per heavy atom. The summed E-state index contributed by atoms with van der Waals surface area (Å²) in [4.78, 5) is 0. The summed E-state index contributed by atoms with van der Waals surface area (Å²) >= 11 is 0. The van der Waals surface area contributed by atoms with E-state index in [2.05, 4.69) is 124 Å². The summed E-state index contributed by atoms with van der Waals surface area (Å²) in [5, 5.41) is 0. The predicted molar refractivity (Wildman–Crippen MR) is 296 cm³/mol. The first-order chi connectivity index (χ1) is 28.6. The molecule has 3 aliphatic heterocycles. The first-order valence-corrected chi connectivity index (χ1v) is 50.4. The Morgan fingerprint density at radius 1 is 0.516 bits per heavy atom. The smallest absolute Gasteiger partial charge is 0.197 e. The summed E-state index contributed by atoms with van der Waals surface area (Å²) < 4.78 is 46.3. The maximum atomic E-state index is 6.82. The first-order valence-electron chi connectivity index (χ1n) is 25.0. The first kappa shape index (κ1) is 59.5. The van der Waals surface area contributed by atoms with Crippen LogP contribution < -0.4 is 0 Å². The van der Waals surface area contributed by atoms with Gasteiger partial charge in [-0.1, -0.05) is 24.6 Å². The van der Waals surface area contributed by atoms with Gasteiger partial charge >= 0.3 is 0 Å². The molecule has 3 saturated heterocycles. The van der Waals surface area contributed by atoms with Crippen LogP contribution in [-0.2, 0) is 34.8 Å². The van der Waals surface area contributed by atoms with E-state index in [9.17, 15) is 0 Å². The maximum absolute atomic E-state index is 6.82. The molecule has 0 amide bonds. The zero-order valence-electron chi connectivity index (χ0n) is 43.9. The molecule has 3 saturated carbocycles. The quantitative estimate of drug-likeness (QED) is 0.0719. The molecule has 6 rings (SSSR count). The number of hydrogen-bond acceptors (Lipinski definition) is 8. The van der Waals surface area contributed by atoms with E-state index in [4.69, 9.17) is 34.8 Å². The fraction of sp³-hybridized carbons (Fsp3) is 0.909. The van der Waals surface area contributed by atoms with Crippen molar-refractivity contribution < 1.29 is 34.8 Å². The Hall–Kier alpha value is 1.33.